The van der Waals surface area contributed by atoms with Crippen molar-refractivity contribution in [3.63, 3.8) is 0 Å². The van der Waals surface area contributed by atoms with Crippen LogP contribution in [0.5, 0.6) is 46.0 Å². The van der Waals surface area contributed by atoms with Crippen molar-refractivity contribution in [2.75, 3.05) is 99.8 Å². The number of aliphatic hydroxyl groups is 1. The molecule has 0 radical (unpaired) electrons. The highest BCUT2D eigenvalue weighted by atomic mass is 35.5. The van der Waals surface area contributed by atoms with E-state index in [0.717, 1.165) is 11.1 Å². The van der Waals surface area contributed by atoms with Gasteiger partial charge in [0.1, 0.15) is 116 Å². The average molecular weight is 1880 g/mol. The van der Waals surface area contributed by atoms with E-state index in [9.17, 15) is 50.9 Å². The number of aliphatic carboxylic acids is 1. The highest BCUT2D eigenvalue weighted by molar-refractivity contribution is 6.74. The van der Waals surface area contributed by atoms with Gasteiger partial charge in [0.2, 0.25) is 0 Å². The third kappa shape index (κ3) is 25.4. The molecule has 8 aromatic carbocycles. The van der Waals surface area contributed by atoms with Gasteiger partial charge in [-0.25, -0.2) is 33.8 Å². The number of ether oxygens (including phenoxy) is 8. The molecule has 2 amide bonds. The van der Waals surface area contributed by atoms with Gasteiger partial charge in [-0.3, -0.25) is 9.59 Å². The molecule has 3 unspecified atom stereocenters. The van der Waals surface area contributed by atoms with Crippen LogP contribution in [0.1, 0.15) is 98.6 Å². The van der Waals surface area contributed by atoms with Crippen molar-refractivity contribution in [1.29, 1.82) is 0 Å². The number of amides is 2. The van der Waals surface area contributed by atoms with Crippen molar-refractivity contribution in [2.24, 2.45) is 0 Å². The summed E-state index contributed by atoms with van der Waals surface area (Å²) in [5.41, 5.74) is 7.96. The zero-order valence-corrected chi connectivity index (χ0v) is 77.8. The van der Waals surface area contributed by atoms with Gasteiger partial charge in [-0.1, -0.05) is 94.5 Å². The maximum absolute atomic E-state index is 14.7. The highest BCUT2D eigenvalue weighted by Crippen LogP contribution is 2.46. The Morgan fingerprint density at radius 2 is 0.775 bits per heavy atom. The smallest absolute Gasteiger partial charge is 0.497 e. The molecule has 3 aromatic heterocycles. The number of rotatable bonds is 33. The van der Waals surface area contributed by atoms with Gasteiger partial charge >= 0.3 is 18.7 Å². The number of alkyl halides is 6. The summed E-state index contributed by atoms with van der Waals surface area (Å²) in [4.78, 5) is 56.4. The van der Waals surface area contributed by atoms with Crippen LogP contribution in [0.3, 0.4) is 0 Å². The summed E-state index contributed by atoms with van der Waals surface area (Å²) < 4.78 is 139. The molecule has 0 fully saturated rings. The highest BCUT2D eigenvalue weighted by Gasteiger charge is 2.42. The van der Waals surface area contributed by atoms with Gasteiger partial charge in [0.15, 0.2) is 22.7 Å². The van der Waals surface area contributed by atoms with Gasteiger partial charge in [-0.05, 0) is 152 Å². The largest absolute Gasteiger partial charge is 0.573 e. The van der Waals surface area contributed by atoms with Crippen molar-refractivity contribution in [3.8, 4) is 63.1 Å². The molecular formula is C89H101Cl3F6N14O15Si2. The molecule has 0 bridgehead atoms. The fourth-order valence-electron chi connectivity index (χ4n) is 13.7. The Bertz CT molecular complexity index is 5720. The van der Waals surface area contributed by atoms with E-state index in [0.29, 0.717) is 143 Å². The van der Waals surface area contributed by atoms with E-state index in [4.69, 9.17) is 72.1 Å². The van der Waals surface area contributed by atoms with Gasteiger partial charge < -0.3 is 82.7 Å². The lowest BCUT2D eigenvalue weighted by Crippen LogP contribution is -2.41. The first-order valence-corrected chi connectivity index (χ1v) is 47.6. The maximum atomic E-state index is 14.7. The van der Waals surface area contributed by atoms with Gasteiger partial charge in [0, 0.05) is 110 Å². The Kier molecular flexibility index (Phi) is 31.6. The first-order valence-electron chi connectivity index (χ1n) is 40.6. The lowest BCUT2D eigenvalue weighted by Gasteiger charge is -2.36. The standard InChI is InChI=1S/C35H41ClF3N5O5Si.C29H27ClF3N5O5.C25H33ClN4O5Si/c1-22-14-27(49-35(37,38)39)19-30-28(22)10-11-43(30)33(45)32(42-24-16-25(18-26(17-24)46-5)44-21-40-20-41-44)29-9-8-23(36)15-31(29)47-12-13-48-50(6,7)34(2,3)4;1-17-9-22(43-29(31,32)33)14-25-23(17)5-6-37(25)28(40)27(24-4-3-18(30)10-26(24)42-8-7-39)36-19-11-20(13-21(12-19)41-2)38-16-34-15-35-38;1-25(2,3)36(5,6)35-10-9-34-22-11-17(26)7-8-21(22)23(24(31)32)29-18-12-19(14-20(13-18)33-4)30-16-27-15-28-30/h8-9,14-21,32,42H,10-13H2,1-7H3;3-4,9-16,27,36,39H,5-8H2,1-2H3;7-8,11-16,23,29H,9-10H2,1-6H3,(H,31,32). The molecule has 3 atom stereocenters. The molecule has 0 aliphatic carbocycles. The molecule has 2 aliphatic heterocycles. The molecular weight excluding hydrogens is 1780 g/mol. The minimum Gasteiger partial charge on any atom is -0.497 e. The summed E-state index contributed by atoms with van der Waals surface area (Å²) in [6, 6.07) is 32.1. The van der Waals surface area contributed by atoms with E-state index in [2.05, 4.69) is 123 Å². The molecule has 13 rings (SSSR count). The van der Waals surface area contributed by atoms with E-state index in [1.54, 1.807) is 133 Å². The molecule has 0 saturated carbocycles. The Balaban J connectivity index is 0.000000190. The summed E-state index contributed by atoms with van der Waals surface area (Å²) in [6.45, 7) is 26.3. The van der Waals surface area contributed by atoms with Crippen molar-refractivity contribution >= 4 is 97.7 Å². The number of benzene rings is 8. The van der Waals surface area contributed by atoms with Gasteiger partial charge in [0.05, 0.1) is 69.6 Å². The minimum absolute atomic E-state index is 0.00680. The quantitative estimate of drug-likeness (QED) is 0.0145. The lowest BCUT2D eigenvalue weighted by molar-refractivity contribution is -0.275. The number of methoxy groups -OCH3 is 3. The number of carbonyl (C=O) groups is 3. The zero-order chi connectivity index (χ0) is 93.7. The molecule has 2 aliphatic rings. The number of nitrogens with zero attached hydrogens (tertiary/aromatic N) is 11. The number of anilines is 5. The number of aliphatic hydroxyl groups excluding tert-OH is 1. The van der Waals surface area contributed by atoms with Crippen LogP contribution in [-0.2, 0) is 36.1 Å². The van der Waals surface area contributed by atoms with E-state index < -0.39 is 76.8 Å². The fourth-order valence-corrected chi connectivity index (χ4v) is 16.2. The first-order chi connectivity index (χ1) is 60.9. The monoisotopic (exact) mass is 1880 g/mol. The van der Waals surface area contributed by atoms with Crippen molar-refractivity contribution < 1.29 is 97.7 Å². The number of hydrogen-bond donors (Lipinski definition) is 5. The number of carboxylic acids is 1. The SMILES string of the molecule is COc1cc(NC(C(=O)N2CCc3c(C)cc(OC(F)(F)F)cc32)c2ccc(Cl)cc2OCCO)cc(-n2cncn2)c1.COc1cc(NC(C(=O)N2CCc3c(C)cc(OC(F)(F)F)cc32)c2ccc(Cl)cc2OCCO[Si](C)(C)C(C)(C)C)cc(-n2cncn2)c1.COc1cc(NC(C(=O)O)c2ccc(Cl)cc2OCCO[Si](C)(C)C(C)(C)C)cc(-n2cncn2)c1. The van der Waals surface area contributed by atoms with Crippen LogP contribution in [0.15, 0.2) is 171 Å². The lowest BCUT2D eigenvalue weighted by atomic mass is 10.0. The summed E-state index contributed by atoms with van der Waals surface area (Å²) in [5.74, 6) is -0.343. The van der Waals surface area contributed by atoms with E-state index in [1.807, 2.05) is 0 Å². The Labute approximate surface area is 759 Å². The second kappa shape index (κ2) is 41.7. The normalized spacial score (nSPS) is 13.4. The van der Waals surface area contributed by atoms with Crippen LogP contribution in [0.4, 0.5) is 54.8 Å². The summed E-state index contributed by atoms with van der Waals surface area (Å²) in [7, 11) is 0.570. The third-order valence-electron chi connectivity index (χ3n) is 22.1. The number of halogens is 9. The van der Waals surface area contributed by atoms with Gasteiger partial charge in [-0.2, -0.15) is 15.3 Å². The summed E-state index contributed by atoms with van der Waals surface area (Å²) in [5, 5.41) is 43.0. The van der Waals surface area contributed by atoms with E-state index in [-0.39, 0.29) is 55.3 Å². The molecule has 29 nitrogen and oxygen atoms in total. The topological polar surface area (TPSA) is 319 Å². The Hall–Kier alpha value is -11.8. The molecule has 5 heterocycles. The number of carboxylic acid groups (broad SMARTS) is 1. The Morgan fingerprint density at radius 1 is 0.450 bits per heavy atom. The molecule has 40 heteroatoms. The fraction of sp³-hybridized carbons (Fsp3) is 0.360. The first kappa shape index (κ1) is 97.8. The molecule has 0 saturated heterocycles. The van der Waals surface area contributed by atoms with E-state index >= 15 is 0 Å². The average Bonchev–Trinajstić information content (AvgIpc) is 1.61. The maximum Gasteiger partial charge on any atom is 0.573 e. The van der Waals surface area contributed by atoms with Crippen LogP contribution >= 0.6 is 34.8 Å². The molecule has 5 N–H and O–H groups in total. The predicted molar refractivity (Wildman–Crippen MR) is 483 cm³/mol. The summed E-state index contributed by atoms with van der Waals surface area (Å²) >= 11 is 18.9. The number of fused-ring (bicyclic) bond motifs is 2. The van der Waals surface area contributed by atoms with Crippen LogP contribution in [0.2, 0.25) is 51.3 Å². The van der Waals surface area contributed by atoms with E-state index in [1.165, 1.54) is 97.8 Å². The van der Waals surface area contributed by atoms with Crippen molar-refractivity contribution in [2.45, 2.75) is 135 Å². The van der Waals surface area contributed by atoms with Gasteiger partial charge in [0.25, 0.3) is 11.8 Å². The third-order valence-corrected chi connectivity index (χ3v) is 31.9. The van der Waals surface area contributed by atoms with Crippen LogP contribution in [0, 0.1) is 13.8 Å². The number of hydrogen-bond acceptors (Lipinski definition) is 23. The molecule has 11 aromatic rings. The molecule has 0 spiro atoms. The number of aromatic nitrogens is 9. The van der Waals surface area contributed by atoms with Crippen LogP contribution in [0.25, 0.3) is 17.1 Å². The Morgan fingerprint density at radius 3 is 1.07 bits per heavy atom. The second-order valence-corrected chi connectivity index (χ2v) is 43.9. The predicted octanol–water partition coefficient (Wildman–Crippen LogP) is 19.1. The molecule has 688 valence electrons. The molecule has 129 heavy (non-hydrogen) atoms. The summed E-state index contributed by atoms with van der Waals surface area (Å²) in [6.07, 6.45) is -0.122. The van der Waals surface area contributed by atoms with Gasteiger partial charge in [-0.15, -0.1) is 26.3 Å². The zero-order valence-electron chi connectivity index (χ0n) is 73.5. The van der Waals surface area contributed by atoms with Crippen LogP contribution in [-0.4, -0.2) is 176 Å². The van der Waals surface area contributed by atoms with Crippen molar-refractivity contribution in [3.05, 3.63) is 225 Å². The second-order valence-electron chi connectivity index (χ2n) is 32.9. The number of carbonyl (C=O) groups excluding carboxylic acids is 2. The van der Waals surface area contributed by atoms with Crippen LogP contribution < -0.4 is 63.6 Å². The van der Waals surface area contributed by atoms with Crippen molar-refractivity contribution in [1.82, 2.24) is 44.3 Å². The number of nitrogens with one attached hydrogen (secondary N) is 3. The minimum atomic E-state index is -4.89. The number of aryl methyl sites for hydroxylation is 2.